The number of hydrogen-bond acceptors (Lipinski definition) is 5. The molecule has 2 heterocycles. The molecular formula is C29H25N3O3S. The molecule has 6 nitrogen and oxygen atoms in total. The molecule has 3 aromatic carbocycles. The van der Waals surface area contributed by atoms with Crippen molar-refractivity contribution >= 4 is 57.2 Å². The smallest absolute Gasteiger partial charge is 0.325 e. The van der Waals surface area contributed by atoms with Crippen LogP contribution in [-0.4, -0.2) is 28.2 Å². The summed E-state index contributed by atoms with van der Waals surface area (Å²) in [5, 5.41) is 1.57. The monoisotopic (exact) mass is 495 g/mol. The van der Waals surface area contributed by atoms with Crippen LogP contribution < -0.4 is 4.90 Å². The maximum Gasteiger partial charge on any atom is 0.325 e. The van der Waals surface area contributed by atoms with E-state index in [4.69, 9.17) is 9.73 Å². The Morgan fingerprint density at radius 3 is 2.36 bits per heavy atom. The van der Waals surface area contributed by atoms with Crippen LogP contribution in [0.2, 0.25) is 0 Å². The topological polar surface area (TPSA) is 63.9 Å². The molecule has 7 heteroatoms. The van der Waals surface area contributed by atoms with Gasteiger partial charge < -0.3 is 9.30 Å². The second-order valence-corrected chi connectivity index (χ2v) is 9.23. The van der Waals surface area contributed by atoms with Crippen LogP contribution in [0.25, 0.3) is 17.0 Å². The molecule has 1 aromatic heterocycles. The highest BCUT2D eigenvalue weighted by molar-refractivity contribution is 8.19. The van der Waals surface area contributed by atoms with Crippen molar-refractivity contribution in [3.63, 3.8) is 0 Å². The molecule has 0 aliphatic carbocycles. The third-order valence-corrected chi connectivity index (χ3v) is 6.92. The SMILES string of the molecule is CCOC(=O)Cn1c(C)c(/C=C2\SC(=Nc3ccccc3)N(c3ccccc3)C2=O)c2ccccc21. The van der Waals surface area contributed by atoms with E-state index in [1.54, 1.807) is 11.8 Å². The van der Waals surface area contributed by atoms with Crippen molar-refractivity contribution < 1.29 is 14.3 Å². The molecule has 0 unspecified atom stereocenters. The summed E-state index contributed by atoms with van der Waals surface area (Å²) in [6.07, 6.45) is 1.91. The first-order chi connectivity index (χ1) is 17.6. The first-order valence-corrected chi connectivity index (χ1v) is 12.5. The molecule has 0 N–H and O–H groups in total. The van der Waals surface area contributed by atoms with Gasteiger partial charge in [0.25, 0.3) is 5.91 Å². The molecule has 1 saturated heterocycles. The lowest BCUT2D eigenvalue weighted by Gasteiger charge is -2.15. The molecule has 1 aliphatic heterocycles. The summed E-state index contributed by atoms with van der Waals surface area (Å²) < 4.78 is 7.13. The van der Waals surface area contributed by atoms with Crippen molar-refractivity contribution in [2.24, 2.45) is 4.99 Å². The molecule has 4 aromatic rings. The number of nitrogens with zero attached hydrogens (tertiary/aromatic N) is 3. The van der Waals surface area contributed by atoms with Crippen LogP contribution in [-0.2, 0) is 20.9 Å². The molecule has 1 aliphatic rings. The zero-order valence-corrected chi connectivity index (χ0v) is 20.9. The Bertz CT molecular complexity index is 1490. The number of carbonyl (C=O) groups excluding carboxylic acids is 2. The number of aromatic nitrogens is 1. The lowest BCUT2D eigenvalue weighted by molar-refractivity contribution is -0.143. The second kappa shape index (κ2) is 10.3. The zero-order chi connectivity index (χ0) is 25.1. The minimum absolute atomic E-state index is 0.112. The summed E-state index contributed by atoms with van der Waals surface area (Å²) in [5.41, 5.74) is 4.25. The molecule has 0 atom stereocenters. The number of ether oxygens (including phenoxy) is 1. The van der Waals surface area contributed by atoms with Crippen molar-refractivity contribution in [3.05, 3.63) is 101 Å². The molecule has 1 amide bonds. The maximum atomic E-state index is 13.7. The number of aliphatic imine (C=N–C) groups is 1. The Kier molecular flexibility index (Phi) is 6.73. The van der Waals surface area contributed by atoms with E-state index in [0.29, 0.717) is 16.7 Å². The van der Waals surface area contributed by atoms with Gasteiger partial charge in [0.1, 0.15) is 6.54 Å². The van der Waals surface area contributed by atoms with Crippen LogP contribution in [0.1, 0.15) is 18.2 Å². The zero-order valence-electron chi connectivity index (χ0n) is 20.0. The fourth-order valence-corrected chi connectivity index (χ4v) is 5.26. The highest BCUT2D eigenvalue weighted by atomic mass is 32.2. The van der Waals surface area contributed by atoms with Crippen molar-refractivity contribution in [2.75, 3.05) is 11.5 Å². The normalized spacial score (nSPS) is 15.8. The third-order valence-electron chi connectivity index (χ3n) is 5.95. The lowest BCUT2D eigenvalue weighted by atomic mass is 10.1. The van der Waals surface area contributed by atoms with Gasteiger partial charge in [-0.1, -0.05) is 54.6 Å². The van der Waals surface area contributed by atoms with Gasteiger partial charge in [-0.3, -0.25) is 14.5 Å². The Morgan fingerprint density at radius 1 is 0.972 bits per heavy atom. The number of benzene rings is 3. The number of rotatable bonds is 6. The predicted molar refractivity (Wildman–Crippen MR) is 146 cm³/mol. The fourth-order valence-electron chi connectivity index (χ4n) is 4.28. The van der Waals surface area contributed by atoms with Gasteiger partial charge in [-0.25, -0.2) is 4.99 Å². The summed E-state index contributed by atoms with van der Waals surface area (Å²) in [7, 11) is 0. The highest BCUT2D eigenvalue weighted by Gasteiger charge is 2.35. The van der Waals surface area contributed by atoms with Gasteiger partial charge in [0.05, 0.1) is 22.9 Å². The van der Waals surface area contributed by atoms with Crippen LogP contribution in [0.15, 0.2) is 94.8 Å². The van der Waals surface area contributed by atoms with Crippen LogP contribution in [0.4, 0.5) is 11.4 Å². The average Bonchev–Trinajstić information content (AvgIpc) is 3.34. The molecular weight excluding hydrogens is 470 g/mol. The van der Waals surface area contributed by atoms with Gasteiger partial charge in [0, 0.05) is 22.2 Å². The van der Waals surface area contributed by atoms with E-state index < -0.39 is 0 Å². The van der Waals surface area contributed by atoms with E-state index in [2.05, 4.69) is 0 Å². The van der Waals surface area contributed by atoms with E-state index in [1.165, 1.54) is 11.8 Å². The van der Waals surface area contributed by atoms with Gasteiger partial charge in [-0.15, -0.1) is 0 Å². The maximum absolute atomic E-state index is 13.7. The summed E-state index contributed by atoms with van der Waals surface area (Å²) >= 11 is 1.35. The summed E-state index contributed by atoms with van der Waals surface area (Å²) in [6.45, 7) is 4.20. The Hall–Kier alpha value is -4.10. The van der Waals surface area contributed by atoms with E-state index in [9.17, 15) is 9.59 Å². The largest absolute Gasteiger partial charge is 0.465 e. The second-order valence-electron chi connectivity index (χ2n) is 8.22. The predicted octanol–water partition coefficient (Wildman–Crippen LogP) is 6.32. The Labute approximate surface area is 213 Å². The molecule has 36 heavy (non-hydrogen) atoms. The number of amides is 1. The molecule has 0 spiro atoms. The van der Waals surface area contributed by atoms with Gasteiger partial charge in [0.15, 0.2) is 5.17 Å². The van der Waals surface area contributed by atoms with Gasteiger partial charge in [-0.2, -0.15) is 0 Å². The molecule has 0 bridgehead atoms. The summed E-state index contributed by atoms with van der Waals surface area (Å²) in [4.78, 5) is 33.0. The number of anilines is 1. The number of hydrogen-bond donors (Lipinski definition) is 0. The minimum atomic E-state index is -0.292. The van der Waals surface area contributed by atoms with Crippen molar-refractivity contribution in [3.8, 4) is 0 Å². The number of para-hydroxylation sites is 3. The number of carbonyl (C=O) groups is 2. The number of esters is 1. The van der Waals surface area contributed by atoms with Crippen LogP contribution in [0.5, 0.6) is 0 Å². The van der Waals surface area contributed by atoms with Crippen molar-refractivity contribution in [2.45, 2.75) is 20.4 Å². The van der Waals surface area contributed by atoms with Gasteiger partial charge in [-0.05, 0) is 62.0 Å². The van der Waals surface area contributed by atoms with Crippen LogP contribution in [0, 0.1) is 6.92 Å². The van der Waals surface area contributed by atoms with E-state index >= 15 is 0 Å². The number of amidine groups is 1. The van der Waals surface area contributed by atoms with Crippen molar-refractivity contribution in [1.29, 1.82) is 0 Å². The van der Waals surface area contributed by atoms with Crippen molar-refractivity contribution in [1.82, 2.24) is 4.57 Å². The molecule has 1 fully saturated rings. The van der Waals surface area contributed by atoms with Gasteiger partial charge in [0.2, 0.25) is 0 Å². The first kappa shape index (κ1) is 23.6. The number of fused-ring (bicyclic) bond motifs is 1. The Balaban J connectivity index is 1.61. The van der Waals surface area contributed by atoms with E-state index in [1.807, 2.05) is 102 Å². The minimum Gasteiger partial charge on any atom is -0.465 e. The van der Waals surface area contributed by atoms with Crippen LogP contribution in [0.3, 0.4) is 0 Å². The first-order valence-electron chi connectivity index (χ1n) is 11.7. The lowest BCUT2D eigenvalue weighted by Crippen LogP contribution is -2.28. The Morgan fingerprint density at radius 2 is 1.64 bits per heavy atom. The molecule has 5 rings (SSSR count). The third kappa shape index (κ3) is 4.57. The highest BCUT2D eigenvalue weighted by Crippen LogP contribution is 2.39. The van der Waals surface area contributed by atoms with E-state index in [-0.39, 0.29) is 18.4 Å². The standard InChI is InChI=1S/C29H25N3O3S/c1-3-35-27(33)19-31-20(2)24(23-16-10-11-17-25(23)31)18-26-28(34)32(22-14-8-5-9-15-22)29(36-26)30-21-12-6-4-7-13-21/h4-18H,3,19H2,1-2H3/b26-18-,30-29?. The van der Waals surface area contributed by atoms with E-state index in [0.717, 1.165) is 33.5 Å². The average molecular weight is 496 g/mol. The number of thioether (sulfide) groups is 1. The summed E-state index contributed by atoms with van der Waals surface area (Å²) in [6, 6.07) is 27.0. The van der Waals surface area contributed by atoms with Gasteiger partial charge >= 0.3 is 5.97 Å². The molecule has 0 radical (unpaired) electrons. The fraction of sp³-hybridized carbons (Fsp3) is 0.138. The molecule has 0 saturated carbocycles. The summed E-state index contributed by atoms with van der Waals surface area (Å²) in [5.74, 6) is -0.429. The quantitative estimate of drug-likeness (QED) is 0.232. The molecule has 180 valence electrons. The van der Waals surface area contributed by atoms with Crippen LogP contribution >= 0.6 is 11.8 Å².